The van der Waals surface area contributed by atoms with Crippen LogP contribution in [0.1, 0.15) is 41.5 Å². The molecule has 97 heavy (non-hydrogen) atoms. The molecule has 14 rings (SSSR count). The minimum absolute atomic E-state index is 0.0935. The molecule has 0 radical (unpaired) electrons. The second-order valence-corrected chi connectivity index (χ2v) is 36.7. The third-order valence-electron chi connectivity index (χ3n) is 17.9. The number of methoxy groups -OCH3 is 2. The Labute approximate surface area is 586 Å². The fourth-order valence-electron chi connectivity index (χ4n) is 13.5. The van der Waals surface area contributed by atoms with E-state index in [2.05, 4.69) is 57.1 Å². The van der Waals surface area contributed by atoms with Gasteiger partial charge in [0.1, 0.15) is 22.7 Å². The lowest BCUT2D eigenvalue weighted by Crippen LogP contribution is -2.38. The second kappa shape index (κ2) is 28.3. The lowest BCUT2D eigenvalue weighted by atomic mass is 10.0. The van der Waals surface area contributed by atoms with Crippen LogP contribution >= 0.6 is 42.5 Å². The molecule has 0 bridgehead atoms. The number of halogens is 3. The fourth-order valence-corrected chi connectivity index (χ4v) is 21.3. The van der Waals surface area contributed by atoms with E-state index in [-0.39, 0.29) is 50.5 Å². The predicted octanol–water partition coefficient (Wildman–Crippen LogP) is 10.2. The van der Waals surface area contributed by atoms with Crippen LogP contribution in [0, 0.1) is 35.5 Å². The van der Waals surface area contributed by atoms with Gasteiger partial charge in [0, 0.05) is 165 Å². The van der Waals surface area contributed by atoms with Gasteiger partial charge in [-0.1, -0.05) is 48.5 Å². The molecule has 31 heteroatoms. The van der Waals surface area contributed by atoms with Crippen LogP contribution in [0.5, 0.6) is 11.5 Å². The lowest BCUT2D eigenvalue weighted by Gasteiger charge is -2.26. The number of rotatable bonds is 9. The van der Waals surface area contributed by atoms with E-state index in [1.165, 1.54) is 37.0 Å². The summed E-state index contributed by atoms with van der Waals surface area (Å²) >= 11 is 6.70. The van der Waals surface area contributed by atoms with Crippen molar-refractivity contribution in [3.63, 3.8) is 0 Å². The minimum Gasteiger partial charge on any atom is -0.494 e. The number of pyridine rings is 4. The first-order valence-electron chi connectivity index (χ1n) is 31.2. The second-order valence-electron chi connectivity index (χ2n) is 26.7. The molecule has 1 N–H and O–H groups in total. The number of fused-ring (bicyclic) bond motifs is 7. The number of carbonyl (C=O) groups is 2. The summed E-state index contributed by atoms with van der Waals surface area (Å²) in [6, 6.07) is 20.5. The van der Waals surface area contributed by atoms with Gasteiger partial charge in [0.15, 0.2) is 0 Å². The van der Waals surface area contributed by atoms with Gasteiger partial charge in [-0.15, -0.1) is 0 Å². The van der Waals surface area contributed by atoms with Crippen LogP contribution in [0.4, 0.5) is 9.59 Å². The van der Waals surface area contributed by atoms with Crippen molar-refractivity contribution in [1.82, 2.24) is 48.0 Å². The molecule has 518 valence electrons. The van der Waals surface area contributed by atoms with Gasteiger partial charge >= 0.3 is 12.2 Å². The van der Waals surface area contributed by atoms with E-state index >= 15 is 0 Å². The summed E-state index contributed by atoms with van der Waals surface area (Å²) in [5.41, 5.74) is -1.09. The topological polar surface area (TPSA) is 287 Å². The first-order chi connectivity index (χ1) is 45.8. The van der Waals surface area contributed by atoms with E-state index in [9.17, 15) is 43.3 Å². The van der Waals surface area contributed by atoms with Crippen LogP contribution in [0.2, 0.25) is 0 Å². The molecule has 6 saturated heterocycles. The molecule has 0 unspecified atom stereocenters. The van der Waals surface area contributed by atoms with Crippen molar-refractivity contribution in [2.45, 2.75) is 72.3 Å². The molecule has 0 spiro atoms. The quantitative estimate of drug-likeness (QED) is 0.131. The lowest BCUT2D eigenvalue weighted by molar-refractivity contribution is 0.0268. The number of nitrogens with one attached hydrogen (secondary N) is 1. The van der Waals surface area contributed by atoms with Gasteiger partial charge in [-0.2, -0.15) is 12.9 Å². The van der Waals surface area contributed by atoms with Crippen LogP contribution < -0.4 is 14.8 Å². The number of ether oxygens (including phenoxy) is 4. The van der Waals surface area contributed by atoms with Gasteiger partial charge in [0.05, 0.1) is 46.2 Å². The van der Waals surface area contributed by atoms with Crippen molar-refractivity contribution >= 4 is 137 Å². The third-order valence-corrected chi connectivity index (χ3v) is 26.1. The van der Waals surface area contributed by atoms with Gasteiger partial charge in [-0.3, -0.25) is 19.9 Å². The number of aromatic nitrogens is 4. The summed E-state index contributed by atoms with van der Waals surface area (Å²) in [5, 5.41) is 8.68. The number of amides is 2. The van der Waals surface area contributed by atoms with Crippen molar-refractivity contribution in [3.05, 3.63) is 131 Å². The first-order valence-corrected chi connectivity index (χ1v) is 39.5. The standard InChI is InChI=1S/C21H27N3O5S.C20H24BrN3O4S.C16H19N3O3S.C9H5BrClNO2S/c1-21(2,3)29-20(25)23-10-15-12-24(13-16(15)11-23)30(26,27)18-7-5-6-14-8-22-9-17(28-4)19(14)18;1-20(2,3)28-19(25)23-9-14-11-24(12-15(14)10-23)29(26,27)17-6-4-5-13-7-22-8-16(21)18(13)17;1-22-14-8-18-5-11-3-2-4-15(16(11)14)23(20,21)19-9-12-6-17-7-13(12)10-19;10-7-5-12-4-6-2-1-3-8(9(6)7)15(11,13)14/h5-9,15-16H,10-13H2,1-4H3;4-8,14-15H,9-12H2,1-3H3;2-5,8,12-13,17H,6-7,9-10H2,1H3;1-5H/t15-,16+;14-,15+;12-,13+;. The molecule has 6 atom stereocenters. The molecule has 8 aromatic rings. The van der Waals surface area contributed by atoms with Crippen molar-refractivity contribution in [1.29, 1.82) is 0 Å². The number of hydrogen-bond acceptors (Lipinski definition) is 19. The Hall–Kier alpha value is -6.45. The number of hydrogen-bond donors (Lipinski definition) is 1. The summed E-state index contributed by atoms with van der Waals surface area (Å²) < 4.78 is 130. The van der Waals surface area contributed by atoms with Crippen molar-refractivity contribution < 1.29 is 62.2 Å². The predicted molar refractivity (Wildman–Crippen MR) is 374 cm³/mol. The summed E-state index contributed by atoms with van der Waals surface area (Å²) in [5.74, 6) is 2.21. The molecule has 24 nitrogen and oxygen atoms in total. The van der Waals surface area contributed by atoms with Crippen LogP contribution in [-0.2, 0) is 48.6 Å². The summed E-state index contributed by atoms with van der Waals surface area (Å²) in [4.78, 5) is 45.3. The fraction of sp³-hybridized carbons (Fsp3) is 0.424. The Kier molecular flexibility index (Phi) is 20.9. The Morgan fingerprint density at radius 2 is 0.722 bits per heavy atom. The maximum atomic E-state index is 13.5. The van der Waals surface area contributed by atoms with E-state index in [1.54, 1.807) is 104 Å². The van der Waals surface area contributed by atoms with Gasteiger partial charge in [0.2, 0.25) is 30.1 Å². The van der Waals surface area contributed by atoms with Crippen LogP contribution in [0.15, 0.2) is 151 Å². The molecule has 0 saturated carbocycles. The molecule has 6 fully saturated rings. The number of sulfonamides is 3. The third kappa shape index (κ3) is 15.3. The first kappa shape index (κ1) is 71.8. The molecule has 6 aliphatic rings. The van der Waals surface area contributed by atoms with E-state index < -0.39 is 50.3 Å². The highest BCUT2D eigenvalue weighted by Crippen LogP contribution is 2.42. The van der Waals surface area contributed by atoms with Gasteiger partial charge in [-0.25, -0.2) is 43.3 Å². The van der Waals surface area contributed by atoms with Gasteiger partial charge in [0.25, 0.3) is 9.05 Å². The average molecular weight is 1560 g/mol. The molecule has 4 aromatic carbocycles. The number of nitrogens with zero attached hydrogens (tertiary/aromatic N) is 9. The van der Waals surface area contributed by atoms with Gasteiger partial charge in [-0.05, 0) is 146 Å². The maximum Gasteiger partial charge on any atom is 0.410 e. The molecule has 0 aliphatic carbocycles. The van der Waals surface area contributed by atoms with Crippen molar-refractivity contribution in [3.8, 4) is 11.5 Å². The number of likely N-dealkylation sites (tertiary alicyclic amines) is 2. The highest BCUT2D eigenvalue weighted by molar-refractivity contribution is 9.11. The number of carbonyl (C=O) groups excluding carboxylic acids is 2. The average Bonchev–Trinajstić information content (AvgIpc) is 1.74. The minimum atomic E-state index is -3.74. The molecule has 2 amide bonds. The van der Waals surface area contributed by atoms with E-state index in [4.69, 9.17) is 29.6 Å². The molecule has 4 aromatic heterocycles. The molecular weight excluding hydrogens is 1480 g/mol. The largest absolute Gasteiger partial charge is 0.494 e. The summed E-state index contributed by atoms with van der Waals surface area (Å²) in [6.07, 6.45) is 12.1. The SMILES string of the molecule is CC(C)(C)OC(=O)N1C[C@@H]2CN(S(=O)(=O)c3cccc4cncc(Br)c34)C[C@@H]2C1.COc1cncc2cccc(S(=O)(=O)N3C[C@H]4CN(C(=O)OC(C)(C)C)C[C@H]4C3)c12.COc1cncc2cccc(S(=O)(=O)N3C[C@H]4CNC[C@H]4C3)c12.O=S(=O)(Cl)c1cccc2cncc(Br)c12. The highest BCUT2D eigenvalue weighted by Gasteiger charge is 2.49. The Morgan fingerprint density at radius 3 is 1.04 bits per heavy atom. The van der Waals surface area contributed by atoms with Crippen LogP contribution in [0.3, 0.4) is 0 Å². The zero-order valence-electron chi connectivity index (χ0n) is 54.5. The van der Waals surface area contributed by atoms with Crippen LogP contribution in [0.25, 0.3) is 43.1 Å². The Balaban J connectivity index is 0.000000135. The molecular formula is C66H75Br2ClN10O14S4. The summed E-state index contributed by atoms with van der Waals surface area (Å²) in [6.45, 7) is 17.7. The maximum absolute atomic E-state index is 13.5. The molecule has 10 heterocycles. The zero-order valence-corrected chi connectivity index (χ0v) is 61.7. The smallest absolute Gasteiger partial charge is 0.410 e. The van der Waals surface area contributed by atoms with Crippen LogP contribution in [-0.4, -0.2) is 192 Å². The van der Waals surface area contributed by atoms with E-state index in [0.29, 0.717) is 130 Å². The van der Waals surface area contributed by atoms with E-state index in [0.717, 1.165) is 29.2 Å². The Morgan fingerprint density at radius 1 is 0.433 bits per heavy atom. The van der Waals surface area contributed by atoms with Gasteiger partial charge < -0.3 is 34.1 Å². The number of benzene rings is 4. The Bertz CT molecular complexity index is 4760. The van der Waals surface area contributed by atoms with Crippen molar-refractivity contribution in [2.75, 3.05) is 92.8 Å². The molecule has 6 aliphatic heterocycles. The van der Waals surface area contributed by atoms with Crippen molar-refractivity contribution in [2.24, 2.45) is 35.5 Å². The summed E-state index contributed by atoms with van der Waals surface area (Å²) in [7, 11) is -6.27. The monoisotopic (exact) mass is 1550 g/mol. The normalized spacial score (nSPS) is 21.5. The zero-order chi connectivity index (χ0) is 69.7. The highest BCUT2D eigenvalue weighted by atomic mass is 79.9. The van der Waals surface area contributed by atoms with E-state index in [1.807, 2.05) is 59.7 Å².